The Hall–Kier alpha value is -1.29. The summed E-state index contributed by atoms with van der Waals surface area (Å²) >= 11 is 0.959. The Kier molecular flexibility index (Phi) is 3.00. The molecule has 3 N–H and O–H groups in total. The zero-order chi connectivity index (χ0) is 12.6. The maximum Gasteiger partial charge on any atom is 0.400 e. The molecule has 0 radical (unpaired) electrons. The van der Waals surface area contributed by atoms with E-state index in [0.717, 1.165) is 11.8 Å². The highest BCUT2D eigenvalue weighted by atomic mass is 32.3. The summed E-state index contributed by atoms with van der Waals surface area (Å²) in [6, 6.07) is 4.53. The first-order chi connectivity index (χ1) is 7.87. The molecule has 0 aliphatic carbocycles. The third-order valence-electron chi connectivity index (χ3n) is 1.96. The normalized spacial score (nSPS) is 18.5. The molecule has 0 saturated heterocycles. The number of anilines is 1. The Labute approximate surface area is 101 Å². The second-order valence-corrected chi connectivity index (χ2v) is 5.25. The number of hydrogen-bond acceptors (Lipinski definition) is 6. The SMILES string of the molecule is O=C(O)c1cccc2c1NC(OS(=O)(=O)O)S2. The minimum Gasteiger partial charge on any atom is -0.478 e. The largest absolute Gasteiger partial charge is 0.478 e. The number of aromatic carboxylic acids is 1. The maximum absolute atomic E-state index is 10.9. The summed E-state index contributed by atoms with van der Waals surface area (Å²) in [5.41, 5.74) is -0.782. The van der Waals surface area contributed by atoms with Crippen molar-refractivity contribution in [1.82, 2.24) is 0 Å². The average molecular weight is 277 g/mol. The van der Waals surface area contributed by atoms with E-state index >= 15 is 0 Å². The van der Waals surface area contributed by atoms with E-state index in [9.17, 15) is 13.2 Å². The van der Waals surface area contributed by atoms with Gasteiger partial charge < -0.3 is 10.4 Å². The van der Waals surface area contributed by atoms with E-state index < -0.39 is 21.9 Å². The molecule has 2 rings (SSSR count). The lowest BCUT2D eigenvalue weighted by molar-refractivity contribution is 0.0697. The molecule has 1 aliphatic heterocycles. The molecule has 17 heavy (non-hydrogen) atoms. The third-order valence-corrected chi connectivity index (χ3v) is 3.54. The van der Waals surface area contributed by atoms with Gasteiger partial charge in [0.15, 0.2) is 0 Å². The van der Waals surface area contributed by atoms with Crippen LogP contribution in [0.3, 0.4) is 0 Å². The van der Waals surface area contributed by atoms with E-state index in [2.05, 4.69) is 9.50 Å². The molecule has 0 spiro atoms. The van der Waals surface area contributed by atoms with Crippen molar-refractivity contribution in [2.75, 3.05) is 5.32 Å². The molecule has 1 aromatic carbocycles. The van der Waals surface area contributed by atoms with Crippen LogP contribution in [0.25, 0.3) is 0 Å². The van der Waals surface area contributed by atoms with Crippen LogP contribution in [0.15, 0.2) is 23.1 Å². The summed E-state index contributed by atoms with van der Waals surface area (Å²) in [5.74, 6) is -1.14. The van der Waals surface area contributed by atoms with Gasteiger partial charge in [-0.15, -0.1) is 0 Å². The summed E-state index contributed by atoms with van der Waals surface area (Å²) in [6.07, 6.45) is 0. The summed E-state index contributed by atoms with van der Waals surface area (Å²) < 4.78 is 33.9. The van der Waals surface area contributed by atoms with Crippen molar-refractivity contribution < 1.29 is 27.1 Å². The predicted molar refractivity (Wildman–Crippen MR) is 59.3 cm³/mol. The fourth-order valence-corrected chi connectivity index (χ4v) is 2.95. The van der Waals surface area contributed by atoms with Crippen molar-refractivity contribution in [3.05, 3.63) is 23.8 Å². The van der Waals surface area contributed by atoms with Gasteiger partial charge in [0.05, 0.1) is 11.3 Å². The number of thioether (sulfide) groups is 1. The van der Waals surface area contributed by atoms with Crippen LogP contribution in [0.4, 0.5) is 5.69 Å². The Bertz CT molecular complexity index is 569. The minimum absolute atomic E-state index is 0.0106. The summed E-state index contributed by atoms with van der Waals surface area (Å²) in [6.45, 7) is 0. The molecule has 1 unspecified atom stereocenters. The van der Waals surface area contributed by atoms with Gasteiger partial charge in [0.2, 0.25) is 5.56 Å². The van der Waals surface area contributed by atoms with Crippen LogP contribution in [0.2, 0.25) is 0 Å². The molecule has 0 fully saturated rings. The number of hydrogen-bond donors (Lipinski definition) is 3. The fourth-order valence-electron chi connectivity index (χ4n) is 1.37. The number of para-hydroxylation sites is 1. The highest BCUT2D eigenvalue weighted by molar-refractivity contribution is 8.00. The first-order valence-corrected chi connectivity index (χ1v) is 6.56. The van der Waals surface area contributed by atoms with Crippen molar-refractivity contribution in [3.63, 3.8) is 0 Å². The van der Waals surface area contributed by atoms with Crippen molar-refractivity contribution >= 4 is 33.8 Å². The van der Waals surface area contributed by atoms with Gasteiger partial charge in [-0.2, -0.15) is 8.42 Å². The maximum atomic E-state index is 10.9. The van der Waals surface area contributed by atoms with Crippen LogP contribution >= 0.6 is 11.8 Å². The first-order valence-electron chi connectivity index (χ1n) is 4.32. The molecule has 1 aromatic rings. The van der Waals surface area contributed by atoms with Crippen molar-refractivity contribution in [1.29, 1.82) is 0 Å². The quantitative estimate of drug-likeness (QED) is 0.701. The number of carboxylic acid groups (broad SMARTS) is 1. The second kappa shape index (κ2) is 4.18. The van der Waals surface area contributed by atoms with Crippen LogP contribution in [-0.4, -0.2) is 29.6 Å². The number of carbonyl (C=O) groups is 1. The lowest BCUT2D eigenvalue weighted by Gasteiger charge is -2.08. The number of benzene rings is 1. The van der Waals surface area contributed by atoms with Crippen LogP contribution in [-0.2, 0) is 14.6 Å². The zero-order valence-corrected chi connectivity index (χ0v) is 9.79. The molecular weight excluding hydrogens is 270 g/mol. The van der Waals surface area contributed by atoms with E-state index in [1.165, 1.54) is 12.1 Å². The van der Waals surface area contributed by atoms with E-state index in [0.29, 0.717) is 4.90 Å². The van der Waals surface area contributed by atoms with Gasteiger partial charge in [-0.05, 0) is 12.1 Å². The van der Waals surface area contributed by atoms with Gasteiger partial charge in [0.1, 0.15) is 0 Å². The van der Waals surface area contributed by atoms with Crippen molar-refractivity contribution in [2.24, 2.45) is 0 Å². The van der Waals surface area contributed by atoms with Crippen LogP contribution in [0.1, 0.15) is 10.4 Å². The van der Waals surface area contributed by atoms with E-state index in [1.54, 1.807) is 6.07 Å². The Balaban J connectivity index is 2.28. The average Bonchev–Trinajstić information content (AvgIpc) is 2.55. The van der Waals surface area contributed by atoms with Gasteiger partial charge in [-0.25, -0.2) is 8.98 Å². The van der Waals surface area contributed by atoms with Gasteiger partial charge in [0, 0.05) is 4.90 Å². The highest BCUT2D eigenvalue weighted by Crippen LogP contribution is 2.41. The Morgan fingerprint density at radius 2 is 2.18 bits per heavy atom. The number of nitrogens with one attached hydrogen (secondary N) is 1. The molecular formula is C8H7NO6S2. The standard InChI is InChI=1S/C8H7NO6S2/c10-7(11)4-2-1-3-5-6(4)9-8(16-5)15-17(12,13)14/h1-3,8-9H,(H,10,11)(H,12,13,14). The molecule has 0 amide bonds. The summed E-state index contributed by atoms with van der Waals surface area (Å²) in [5, 5.41) is 11.5. The molecule has 0 bridgehead atoms. The zero-order valence-electron chi connectivity index (χ0n) is 8.15. The summed E-state index contributed by atoms with van der Waals surface area (Å²) in [7, 11) is -4.59. The van der Waals surface area contributed by atoms with Crippen molar-refractivity contribution in [3.8, 4) is 0 Å². The smallest absolute Gasteiger partial charge is 0.400 e. The van der Waals surface area contributed by atoms with Gasteiger partial charge in [-0.1, -0.05) is 17.8 Å². The number of fused-ring (bicyclic) bond motifs is 1. The molecule has 0 saturated carbocycles. The molecule has 1 aliphatic rings. The van der Waals surface area contributed by atoms with E-state index in [-0.39, 0.29) is 11.3 Å². The molecule has 1 atom stereocenters. The van der Waals surface area contributed by atoms with Gasteiger partial charge in [0.25, 0.3) is 0 Å². The van der Waals surface area contributed by atoms with Crippen molar-refractivity contribution in [2.45, 2.75) is 10.5 Å². The third kappa shape index (κ3) is 2.69. The van der Waals surface area contributed by atoms with Crippen LogP contribution in [0.5, 0.6) is 0 Å². The Morgan fingerprint density at radius 1 is 1.47 bits per heavy atom. The van der Waals surface area contributed by atoms with Gasteiger partial charge >= 0.3 is 16.4 Å². The molecule has 1 heterocycles. The van der Waals surface area contributed by atoms with E-state index in [4.69, 9.17) is 9.66 Å². The lowest BCUT2D eigenvalue weighted by atomic mass is 10.2. The molecule has 7 nitrogen and oxygen atoms in total. The fraction of sp³-hybridized carbons (Fsp3) is 0.125. The molecule has 0 aromatic heterocycles. The minimum atomic E-state index is -4.59. The van der Waals surface area contributed by atoms with Crippen LogP contribution in [0, 0.1) is 0 Å². The second-order valence-electron chi connectivity index (χ2n) is 3.10. The van der Waals surface area contributed by atoms with Crippen LogP contribution < -0.4 is 5.32 Å². The number of rotatable bonds is 3. The monoisotopic (exact) mass is 277 g/mol. The predicted octanol–water partition coefficient (Wildman–Crippen LogP) is 1.01. The molecule has 92 valence electrons. The summed E-state index contributed by atoms with van der Waals surface area (Å²) in [4.78, 5) is 11.4. The highest BCUT2D eigenvalue weighted by Gasteiger charge is 2.29. The number of carboxylic acids is 1. The van der Waals surface area contributed by atoms with Gasteiger partial charge in [-0.3, -0.25) is 4.55 Å². The lowest BCUT2D eigenvalue weighted by Crippen LogP contribution is -2.19. The first kappa shape index (κ1) is 12.2. The topological polar surface area (TPSA) is 113 Å². The molecule has 9 heteroatoms. The van der Waals surface area contributed by atoms with E-state index in [1.807, 2.05) is 0 Å². The Morgan fingerprint density at radius 3 is 2.76 bits per heavy atom.